The summed E-state index contributed by atoms with van der Waals surface area (Å²) in [5.41, 5.74) is 6.72. The summed E-state index contributed by atoms with van der Waals surface area (Å²) in [5, 5.41) is 0. The van der Waals surface area contributed by atoms with Crippen molar-refractivity contribution in [1.82, 2.24) is 0 Å². The molecule has 1 aromatic carbocycles. The number of nitrogens with zero attached hydrogens (tertiary/aromatic N) is 1. The van der Waals surface area contributed by atoms with Crippen LogP contribution in [0.2, 0.25) is 0 Å². The molecule has 96 valence electrons. The molecule has 0 radical (unpaired) electrons. The maximum Gasteiger partial charge on any atom is 0.142 e. The Balaban J connectivity index is 2.71. The Labute approximate surface area is 103 Å². The van der Waals surface area contributed by atoms with Crippen LogP contribution in [0.1, 0.15) is 6.92 Å². The minimum absolute atomic E-state index is 0.0508. The monoisotopic (exact) mass is 238 g/mol. The molecule has 0 fully saturated rings. The van der Waals surface area contributed by atoms with E-state index in [1.807, 2.05) is 38.2 Å². The van der Waals surface area contributed by atoms with Gasteiger partial charge in [-0.25, -0.2) is 0 Å². The van der Waals surface area contributed by atoms with E-state index in [0.29, 0.717) is 13.2 Å². The van der Waals surface area contributed by atoms with Gasteiger partial charge in [-0.05, 0) is 19.1 Å². The summed E-state index contributed by atoms with van der Waals surface area (Å²) in [7, 11) is 3.69. The highest BCUT2D eigenvalue weighted by Crippen LogP contribution is 2.26. The van der Waals surface area contributed by atoms with E-state index in [1.165, 1.54) is 0 Å². The van der Waals surface area contributed by atoms with Crippen molar-refractivity contribution < 1.29 is 9.47 Å². The van der Waals surface area contributed by atoms with Crippen molar-refractivity contribution in [1.29, 1.82) is 0 Å². The van der Waals surface area contributed by atoms with Crippen LogP contribution < -0.4 is 15.4 Å². The average Bonchev–Trinajstić information content (AvgIpc) is 2.38. The molecule has 0 saturated carbocycles. The molecule has 0 spiro atoms. The molecule has 2 N–H and O–H groups in total. The maximum atomic E-state index is 5.67. The zero-order chi connectivity index (χ0) is 12.7. The molecule has 0 aromatic heterocycles. The van der Waals surface area contributed by atoms with Gasteiger partial charge in [0.25, 0.3) is 0 Å². The predicted molar refractivity (Wildman–Crippen MR) is 70.7 cm³/mol. The second-order valence-electron chi connectivity index (χ2n) is 3.87. The summed E-state index contributed by atoms with van der Waals surface area (Å²) in [6.07, 6.45) is 0.0508. The highest BCUT2D eigenvalue weighted by Gasteiger charge is 2.13. The lowest BCUT2D eigenvalue weighted by Crippen LogP contribution is -2.36. The van der Waals surface area contributed by atoms with Gasteiger partial charge in [-0.15, -0.1) is 0 Å². The van der Waals surface area contributed by atoms with Gasteiger partial charge < -0.3 is 20.1 Å². The SMILES string of the molecule is CCOC(CN)CN(C)c1ccccc1OC. The summed E-state index contributed by atoms with van der Waals surface area (Å²) in [5.74, 6) is 0.863. The minimum atomic E-state index is 0.0508. The Bertz CT molecular complexity index is 331. The van der Waals surface area contributed by atoms with E-state index in [0.717, 1.165) is 18.0 Å². The van der Waals surface area contributed by atoms with E-state index in [-0.39, 0.29) is 6.10 Å². The number of likely N-dealkylation sites (N-methyl/N-ethyl adjacent to an activating group) is 1. The normalized spacial score (nSPS) is 12.2. The highest BCUT2D eigenvalue weighted by molar-refractivity contribution is 5.57. The second-order valence-corrected chi connectivity index (χ2v) is 3.87. The first kappa shape index (κ1) is 13.8. The maximum absolute atomic E-state index is 5.67. The fourth-order valence-corrected chi connectivity index (χ4v) is 1.78. The van der Waals surface area contributed by atoms with Crippen LogP contribution in [0.15, 0.2) is 24.3 Å². The third-order valence-corrected chi connectivity index (χ3v) is 2.64. The van der Waals surface area contributed by atoms with Crippen molar-refractivity contribution in [2.24, 2.45) is 5.73 Å². The Morgan fingerprint density at radius 3 is 2.65 bits per heavy atom. The molecule has 17 heavy (non-hydrogen) atoms. The van der Waals surface area contributed by atoms with E-state index in [2.05, 4.69) is 4.90 Å². The van der Waals surface area contributed by atoms with Gasteiger partial charge in [0.2, 0.25) is 0 Å². The molecule has 0 aliphatic rings. The number of methoxy groups -OCH3 is 1. The van der Waals surface area contributed by atoms with Crippen molar-refractivity contribution >= 4 is 5.69 Å². The molecule has 4 nitrogen and oxygen atoms in total. The third kappa shape index (κ3) is 3.91. The van der Waals surface area contributed by atoms with Crippen molar-refractivity contribution in [3.8, 4) is 5.75 Å². The molecule has 1 rings (SSSR count). The van der Waals surface area contributed by atoms with Crippen LogP contribution in [0.5, 0.6) is 5.75 Å². The van der Waals surface area contributed by atoms with Crippen LogP contribution in [-0.2, 0) is 4.74 Å². The third-order valence-electron chi connectivity index (χ3n) is 2.64. The first-order valence-electron chi connectivity index (χ1n) is 5.88. The Kier molecular flexibility index (Phi) is 5.80. The van der Waals surface area contributed by atoms with Crippen molar-refractivity contribution in [3.05, 3.63) is 24.3 Å². The van der Waals surface area contributed by atoms with Crippen molar-refractivity contribution in [2.45, 2.75) is 13.0 Å². The van der Waals surface area contributed by atoms with Gasteiger partial charge in [-0.3, -0.25) is 0 Å². The molecular formula is C13H22N2O2. The lowest BCUT2D eigenvalue weighted by molar-refractivity contribution is 0.0744. The standard InChI is InChI=1S/C13H22N2O2/c1-4-17-11(9-14)10-15(2)12-7-5-6-8-13(12)16-3/h5-8,11H,4,9-10,14H2,1-3H3. The number of rotatable bonds is 7. The van der Waals surface area contributed by atoms with Gasteiger partial charge in [0.1, 0.15) is 5.75 Å². The molecule has 0 aliphatic carbocycles. The number of benzene rings is 1. The largest absolute Gasteiger partial charge is 0.495 e. The van der Waals surface area contributed by atoms with E-state index in [9.17, 15) is 0 Å². The summed E-state index contributed by atoms with van der Waals surface area (Å²) >= 11 is 0. The molecular weight excluding hydrogens is 216 g/mol. The molecule has 0 aliphatic heterocycles. The van der Waals surface area contributed by atoms with Crippen molar-refractivity contribution in [3.63, 3.8) is 0 Å². The van der Waals surface area contributed by atoms with E-state index >= 15 is 0 Å². The number of nitrogens with two attached hydrogens (primary N) is 1. The van der Waals surface area contributed by atoms with Crippen LogP contribution in [0.25, 0.3) is 0 Å². The molecule has 0 amide bonds. The van der Waals surface area contributed by atoms with Gasteiger partial charge in [0.15, 0.2) is 0 Å². The second kappa shape index (κ2) is 7.14. The zero-order valence-corrected chi connectivity index (χ0v) is 10.8. The van der Waals surface area contributed by atoms with Gasteiger partial charge in [0.05, 0.1) is 18.9 Å². The Morgan fingerprint density at radius 2 is 2.06 bits per heavy atom. The smallest absolute Gasteiger partial charge is 0.142 e. The lowest BCUT2D eigenvalue weighted by Gasteiger charge is -2.26. The number of para-hydroxylation sites is 2. The van der Waals surface area contributed by atoms with E-state index < -0.39 is 0 Å². The highest BCUT2D eigenvalue weighted by atomic mass is 16.5. The molecule has 0 saturated heterocycles. The predicted octanol–water partition coefficient (Wildman–Crippen LogP) is 1.50. The minimum Gasteiger partial charge on any atom is -0.495 e. The molecule has 0 bridgehead atoms. The fraction of sp³-hybridized carbons (Fsp3) is 0.538. The first-order chi connectivity index (χ1) is 8.22. The fourth-order valence-electron chi connectivity index (χ4n) is 1.78. The Hall–Kier alpha value is -1.26. The van der Waals surface area contributed by atoms with Gasteiger partial charge in [0, 0.05) is 26.7 Å². The van der Waals surface area contributed by atoms with Crippen LogP contribution in [0.4, 0.5) is 5.69 Å². The van der Waals surface area contributed by atoms with Crippen LogP contribution in [0.3, 0.4) is 0 Å². The Morgan fingerprint density at radius 1 is 1.35 bits per heavy atom. The summed E-state index contributed by atoms with van der Waals surface area (Å²) in [6.45, 7) is 3.94. The van der Waals surface area contributed by atoms with Gasteiger partial charge in [-0.1, -0.05) is 12.1 Å². The van der Waals surface area contributed by atoms with E-state index in [1.54, 1.807) is 7.11 Å². The molecule has 1 unspecified atom stereocenters. The van der Waals surface area contributed by atoms with Gasteiger partial charge in [-0.2, -0.15) is 0 Å². The van der Waals surface area contributed by atoms with E-state index in [4.69, 9.17) is 15.2 Å². The summed E-state index contributed by atoms with van der Waals surface area (Å²) in [6, 6.07) is 7.92. The number of hydrogen-bond acceptors (Lipinski definition) is 4. The first-order valence-corrected chi connectivity index (χ1v) is 5.88. The number of ether oxygens (including phenoxy) is 2. The lowest BCUT2D eigenvalue weighted by atomic mass is 10.2. The summed E-state index contributed by atoms with van der Waals surface area (Å²) < 4.78 is 10.9. The van der Waals surface area contributed by atoms with Crippen LogP contribution >= 0.6 is 0 Å². The average molecular weight is 238 g/mol. The van der Waals surface area contributed by atoms with Crippen molar-refractivity contribution in [2.75, 3.05) is 38.8 Å². The van der Waals surface area contributed by atoms with Gasteiger partial charge >= 0.3 is 0 Å². The number of anilines is 1. The molecule has 0 heterocycles. The molecule has 4 heteroatoms. The molecule has 1 aromatic rings. The van der Waals surface area contributed by atoms with Crippen LogP contribution in [-0.4, -0.2) is 40.0 Å². The molecule has 1 atom stereocenters. The quantitative estimate of drug-likeness (QED) is 0.782. The van der Waals surface area contributed by atoms with Crippen LogP contribution in [0, 0.1) is 0 Å². The zero-order valence-electron chi connectivity index (χ0n) is 10.8. The topological polar surface area (TPSA) is 47.7 Å². The summed E-state index contributed by atoms with van der Waals surface area (Å²) in [4.78, 5) is 2.10. The number of hydrogen-bond donors (Lipinski definition) is 1.